The number of aryl methyl sites for hydroxylation is 1. The molecule has 0 radical (unpaired) electrons. The van der Waals surface area contributed by atoms with E-state index < -0.39 is 0 Å². The van der Waals surface area contributed by atoms with E-state index in [-0.39, 0.29) is 0 Å². The minimum atomic E-state index is 0.779. The number of methoxy groups -OCH3 is 2. The molecule has 96 valence electrons. The number of ether oxygens (including phenoxy) is 2. The second-order valence-corrected chi connectivity index (χ2v) is 3.91. The van der Waals surface area contributed by atoms with Crippen molar-refractivity contribution in [1.82, 2.24) is 10.6 Å². The Bertz CT molecular complexity index is 354. The second-order valence-electron chi connectivity index (χ2n) is 3.91. The highest BCUT2D eigenvalue weighted by Crippen LogP contribution is 2.27. The normalized spacial score (nSPS) is 10.4. The molecule has 1 aromatic rings. The van der Waals surface area contributed by atoms with Gasteiger partial charge in [0.15, 0.2) is 0 Å². The lowest BCUT2D eigenvalue weighted by Crippen LogP contribution is -2.24. The molecular formula is C13H22N2O2. The van der Waals surface area contributed by atoms with Crippen LogP contribution in [0.2, 0.25) is 0 Å². The van der Waals surface area contributed by atoms with Crippen LogP contribution in [0.5, 0.6) is 11.5 Å². The quantitative estimate of drug-likeness (QED) is 0.703. The molecule has 0 bridgehead atoms. The molecule has 0 aliphatic rings. The molecule has 0 heterocycles. The molecule has 0 aliphatic carbocycles. The zero-order chi connectivity index (χ0) is 12.7. The van der Waals surface area contributed by atoms with Crippen molar-refractivity contribution in [2.24, 2.45) is 0 Å². The summed E-state index contributed by atoms with van der Waals surface area (Å²) in [5, 5.41) is 6.45. The predicted octanol–water partition coefficient (Wildman–Crippen LogP) is 1.32. The van der Waals surface area contributed by atoms with Gasteiger partial charge in [-0.25, -0.2) is 0 Å². The Labute approximate surface area is 103 Å². The molecule has 0 spiro atoms. The maximum absolute atomic E-state index is 5.37. The Balaban J connectivity index is 2.74. The van der Waals surface area contributed by atoms with Gasteiger partial charge in [-0.15, -0.1) is 0 Å². The fourth-order valence-electron chi connectivity index (χ4n) is 1.69. The van der Waals surface area contributed by atoms with Gasteiger partial charge in [0.2, 0.25) is 0 Å². The summed E-state index contributed by atoms with van der Waals surface area (Å²) in [6, 6.07) is 4.04. The molecule has 0 atom stereocenters. The van der Waals surface area contributed by atoms with Crippen LogP contribution in [0.1, 0.15) is 11.1 Å². The molecule has 0 amide bonds. The van der Waals surface area contributed by atoms with Gasteiger partial charge in [-0.1, -0.05) is 0 Å². The van der Waals surface area contributed by atoms with E-state index in [1.165, 1.54) is 0 Å². The van der Waals surface area contributed by atoms with Gasteiger partial charge in [0, 0.05) is 25.2 Å². The molecule has 1 aromatic carbocycles. The van der Waals surface area contributed by atoms with E-state index in [9.17, 15) is 0 Å². The molecule has 4 nitrogen and oxygen atoms in total. The molecule has 0 aromatic heterocycles. The van der Waals surface area contributed by atoms with Crippen molar-refractivity contribution < 1.29 is 9.47 Å². The predicted molar refractivity (Wildman–Crippen MR) is 69.9 cm³/mol. The van der Waals surface area contributed by atoms with Crippen LogP contribution in [0.3, 0.4) is 0 Å². The second kappa shape index (κ2) is 7.14. The van der Waals surface area contributed by atoms with Gasteiger partial charge in [-0.05, 0) is 31.7 Å². The van der Waals surface area contributed by atoms with Crippen LogP contribution in [0.4, 0.5) is 0 Å². The zero-order valence-corrected chi connectivity index (χ0v) is 11.1. The third-order valence-electron chi connectivity index (χ3n) is 2.67. The summed E-state index contributed by atoms with van der Waals surface area (Å²) in [5.41, 5.74) is 2.20. The average molecular weight is 238 g/mol. The summed E-state index contributed by atoms with van der Waals surface area (Å²) in [6.45, 7) is 4.67. The first kappa shape index (κ1) is 13.8. The maximum Gasteiger partial charge on any atom is 0.123 e. The average Bonchev–Trinajstić information content (AvgIpc) is 2.35. The van der Waals surface area contributed by atoms with E-state index in [4.69, 9.17) is 9.47 Å². The van der Waals surface area contributed by atoms with Crippen LogP contribution >= 0.6 is 0 Å². The smallest absolute Gasteiger partial charge is 0.123 e. The van der Waals surface area contributed by atoms with Crippen LogP contribution < -0.4 is 20.1 Å². The molecule has 0 saturated heterocycles. The van der Waals surface area contributed by atoms with Gasteiger partial charge >= 0.3 is 0 Å². The molecule has 1 rings (SSSR count). The summed E-state index contributed by atoms with van der Waals surface area (Å²) in [4.78, 5) is 0. The van der Waals surface area contributed by atoms with Crippen molar-refractivity contribution in [2.45, 2.75) is 13.5 Å². The lowest BCUT2D eigenvalue weighted by atomic mass is 10.1. The third kappa shape index (κ3) is 3.91. The molecule has 0 fully saturated rings. The molecule has 2 N–H and O–H groups in total. The minimum Gasteiger partial charge on any atom is -0.496 e. The fraction of sp³-hybridized carbons (Fsp3) is 0.538. The van der Waals surface area contributed by atoms with Crippen LogP contribution in [-0.4, -0.2) is 34.4 Å². The lowest BCUT2D eigenvalue weighted by Gasteiger charge is -2.13. The summed E-state index contributed by atoms with van der Waals surface area (Å²) >= 11 is 0. The topological polar surface area (TPSA) is 42.5 Å². The molecule has 4 heteroatoms. The van der Waals surface area contributed by atoms with Gasteiger partial charge < -0.3 is 20.1 Å². The van der Waals surface area contributed by atoms with Crippen LogP contribution in [0.15, 0.2) is 12.1 Å². The molecule has 0 unspecified atom stereocenters. The van der Waals surface area contributed by atoms with Crippen molar-refractivity contribution in [2.75, 3.05) is 34.4 Å². The first-order chi connectivity index (χ1) is 8.22. The van der Waals surface area contributed by atoms with Crippen LogP contribution in [-0.2, 0) is 6.54 Å². The van der Waals surface area contributed by atoms with Gasteiger partial charge in [0.25, 0.3) is 0 Å². The third-order valence-corrected chi connectivity index (χ3v) is 2.67. The Hall–Kier alpha value is -1.26. The van der Waals surface area contributed by atoms with E-state index in [0.717, 1.165) is 42.3 Å². The monoisotopic (exact) mass is 238 g/mol. The van der Waals surface area contributed by atoms with Gasteiger partial charge in [-0.3, -0.25) is 0 Å². The van der Waals surface area contributed by atoms with Crippen molar-refractivity contribution in [3.05, 3.63) is 23.3 Å². The largest absolute Gasteiger partial charge is 0.496 e. The van der Waals surface area contributed by atoms with E-state index >= 15 is 0 Å². The minimum absolute atomic E-state index is 0.779. The van der Waals surface area contributed by atoms with Crippen molar-refractivity contribution >= 4 is 0 Å². The Kier molecular flexibility index (Phi) is 5.80. The summed E-state index contributed by atoms with van der Waals surface area (Å²) < 4.78 is 10.7. The van der Waals surface area contributed by atoms with Gasteiger partial charge in [0.1, 0.15) is 11.5 Å². The number of nitrogens with one attached hydrogen (secondary N) is 2. The molecule has 0 saturated carbocycles. The molecule has 0 aliphatic heterocycles. The number of likely N-dealkylation sites (N-methyl/N-ethyl adjacent to an activating group) is 1. The number of hydrogen-bond donors (Lipinski definition) is 2. The highest BCUT2D eigenvalue weighted by Gasteiger charge is 2.07. The summed E-state index contributed by atoms with van der Waals surface area (Å²) in [5.74, 6) is 1.80. The van der Waals surface area contributed by atoms with Crippen molar-refractivity contribution in [1.29, 1.82) is 0 Å². The standard InChI is InChI=1S/C13H22N2O2/c1-10-7-13(17-4)11(8-12(10)16-3)9-15-6-5-14-2/h7-8,14-15H,5-6,9H2,1-4H3. The Morgan fingerprint density at radius 2 is 1.76 bits per heavy atom. The maximum atomic E-state index is 5.37. The van der Waals surface area contributed by atoms with E-state index in [0.29, 0.717) is 0 Å². The van der Waals surface area contributed by atoms with Crippen molar-refractivity contribution in [3.63, 3.8) is 0 Å². The van der Waals surface area contributed by atoms with Crippen LogP contribution in [0, 0.1) is 6.92 Å². The van der Waals surface area contributed by atoms with E-state index in [1.54, 1.807) is 14.2 Å². The highest BCUT2D eigenvalue weighted by molar-refractivity contribution is 5.45. The Morgan fingerprint density at radius 1 is 1.06 bits per heavy atom. The Morgan fingerprint density at radius 3 is 2.35 bits per heavy atom. The summed E-state index contributed by atoms with van der Waals surface area (Å²) in [7, 11) is 5.32. The fourth-order valence-corrected chi connectivity index (χ4v) is 1.69. The SMILES string of the molecule is CNCCNCc1cc(OC)c(C)cc1OC. The molecular weight excluding hydrogens is 216 g/mol. The lowest BCUT2D eigenvalue weighted by molar-refractivity contribution is 0.395. The van der Waals surface area contributed by atoms with Gasteiger partial charge in [-0.2, -0.15) is 0 Å². The van der Waals surface area contributed by atoms with Crippen molar-refractivity contribution in [3.8, 4) is 11.5 Å². The first-order valence-corrected chi connectivity index (χ1v) is 5.79. The molecule has 17 heavy (non-hydrogen) atoms. The van der Waals surface area contributed by atoms with Gasteiger partial charge in [0.05, 0.1) is 14.2 Å². The number of hydrogen-bond acceptors (Lipinski definition) is 4. The number of benzene rings is 1. The first-order valence-electron chi connectivity index (χ1n) is 5.79. The highest BCUT2D eigenvalue weighted by atomic mass is 16.5. The van der Waals surface area contributed by atoms with Crippen LogP contribution in [0.25, 0.3) is 0 Å². The van der Waals surface area contributed by atoms with E-state index in [2.05, 4.69) is 10.6 Å². The summed E-state index contributed by atoms with van der Waals surface area (Å²) in [6.07, 6.45) is 0. The van der Waals surface area contributed by atoms with E-state index in [1.807, 2.05) is 26.1 Å². The number of rotatable bonds is 7. The zero-order valence-electron chi connectivity index (χ0n) is 11.1.